The number of alkyl halides is 4. The molecule has 0 heterocycles. The van der Waals surface area contributed by atoms with Crippen LogP contribution in [0.1, 0.15) is 11.7 Å². The van der Waals surface area contributed by atoms with E-state index in [0.717, 1.165) is 6.07 Å². The Hall–Kier alpha value is -0.330. The lowest BCUT2D eigenvalue weighted by molar-refractivity contribution is -0.183. The Morgan fingerprint density at radius 2 is 1.69 bits per heavy atom. The van der Waals surface area contributed by atoms with E-state index >= 15 is 0 Å². The third-order valence-corrected chi connectivity index (χ3v) is 2.45. The van der Waals surface area contributed by atoms with Gasteiger partial charge in [0, 0.05) is 9.13 Å². The molecule has 0 aliphatic heterocycles. The van der Waals surface area contributed by atoms with Gasteiger partial charge in [0.25, 0.3) is 0 Å². The van der Waals surface area contributed by atoms with Crippen LogP contribution >= 0.6 is 22.6 Å². The molecule has 72 valence electrons. The summed E-state index contributed by atoms with van der Waals surface area (Å²) in [6.45, 7) is 0. The number of rotatable bonds is 1. The van der Waals surface area contributed by atoms with E-state index in [4.69, 9.17) is 0 Å². The molecule has 1 aromatic rings. The summed E-state index contributed by atoms with van der Waals surface area (Å²) >= 11 is 1.68. The molecule has 0 aromatic heterocycles. The first-order chi connectivity index (χ1) is 5.93. The van der Waals surface area contributed by atoms with Crippen molar-refractivity contribution in [1.82, 2.24) is 0 Å². The lowest BCUT2D eigenvalue weighted by atomic mass is 10.1. The van der Waals surface area contributed by atoms with E-state index in [-0.39, 0.29) is 9.13 Å². The maximum atomic E-state index is 12.8. The highest BCUT2D eigenvalue weighted by Gasteiger charge is 2.41. The minimum atomic E-state index is -4.82. The van der Waals surface area contributed by atoms with Gasteiger partial charge in [-0.2, -0.15) is 13.2 Å². The lowest BCUT2D eigenvalue weighted by Crippen LogP contribution is -2.17. The van der Waals surface area contributed by atoms with Gasteiger partial charge in [-0.1, -0.05) is 18.2 Å². The molecule has 0 aliphatic rings. The van der Waals surface area contributed by atoms with Crippen LogP contribution < -0.4 is 0 Å². The van der Waals surface area contributed by atoms with E-state index in [1.165, 1.54) is 12.1 Å². The molecule has 0 N–H and O–H groups in total. The first kappa shape index (κ1) is 10.7. The molecule has 0 bridgehead atoms. The zero-order valence-electron chi connectivity index (χ0n) is 6.28. The fourth-order valence-corrected chi connectivity index (χ4v) is 1.52. The Morgan fingerprint density at radius 1 is 1.15 bits per heavy atom. The topological polar surface area (TPSA) is 0 Å². The van der Waals surface area contributed by atoms with Gasteiger partial charge in [-0.3, -0.25) is 0 Å². The molecule has 0 aliphatic carbocycles. The molecule has 1 rings (SSSR count). The summed E-state index contributed by atoms with van der Waals surface area (Å²) in [5, 5.41) is 0. The van der Waals surface area contributed by atoms with Gasteiger partial charge in [-0.25, -0.2) is 4.39 Å². The molecular formula is C8H5F4I. The van der Waals surface area contributed by atoms with Crippen molar-refractivity contribution in [3.05, 3.63) is 33.4 Å². The largest absolute Gasteiger partial charge is 0.423 e. The lowest BCUT2D eigenvalue weighted by Gasteiger charge is -2.13. The van der Waals surface area contributed by atoms with Gasteiger partial charge in [0.1, 0.15) is 0 Å². The predicted molar refractivity (Wildman–Crippen MR) is 49.1 cm³/mol. The minimum Gasteiger partial charge on any atom is -0.232 e. The van der Waals surface area contributed by atoms with Crippen molar-refractivity contribution >= 4 is 22.6 Å². The second-order valence-corrected chi connectivity index (χ2v) is 3.59. The van der Waals surface area contributed by atoms with Crippen molar-refractivity contribution in [2.75, 3.05) is 0 Å². The summed E-state index contributed by atoms with van der Waals surface area (Å²) in [6.07, 6.45) is -7.71. The van der Waals surface area contributed by atoms with Crippen LogP contribution in [0, 0.1) is 3.57 Å². The molecule has 1 unspecified atom stereocenters. The fraction of sp³-hybridized carbons (Fsp3) is 0.250. The van der Waals surface area contributed by atoms with Crippen LogP contribution in [0.4, 0.5) is 17.6 Å². The molecule has 0 radical (unpaired) electrons. The average Bonchev–Trinajstić information content (AvgIpc) is 2.02. The molecular weight excluding hydrogens is 299 g/mol. The fourth-order valence-electron chi connectivity index (χ4n) is 0.857. The van der Waals surface area contributed by atoms with E-state index in [1.807, 2.05) is 0 Å². The molecule has 5 heteroatoms. The summed E-state index contributed by atoms with van der Waals surface area (Å²) in [6, 6.07) is 5.53. The summed E-state index contributed by atoms with van der Waals surface area (Å²) in [4.78, 5) is 0. The minimum absolute atomic E-state index is 0.282. The number of hydrogen-bond acceptors (Lipinski definition) is 0. The van der Waals surface area contributed by atoms with E-state index < -0.39 is 12.3 Å². The van der Waals surface area contributed by atoms with Crippen molar-refractivity contribution < 1.29 is 17.6 Å². The van der Waals surface area contributed by atoms with Crippen molar-refractivity contribution in [3.63, 3.8) is 0 Å². The quantitative estimate of drug-likeness (QED) is 0.546. The van der Waals surface area contributed by atoms with Crippen LogP contribution in [0.5, 0.6) is 0 Å². The normalized spacial score (nSPS) is 14.2. The van der Waals surface area contributed by atoms with Crippen molar-refractivity contribution in [2.24, 2.45) is 0 Å². The summed E-state index contributed by atoms with van der Waals surface area (Å²) in [7, 11) is 0. The molecule has 13 heavy (non-hydrogen) atoms. The second kappa shape index (κ2) is 3.81. The van der Waals surface area contributed by atoms with Crippen molar-refractivity contribution in [1.29, 1.82) is 0 Å². The van der Waals surface area contributed by atoms with Crippen LogP contribution in [0.15, 0.2) is 24.3 Å². The maximum absolute atomic E-state index is 12.8. The van der Waals surface area contributed by atoms with Crippen molar-refractivity contribution in [2.45, 2.75) is 12.3 Å². The van der Waals surface area contributed by atoms with E-state index in [9.17, 15) is 17.6 Å². The number of halogens is 5. The summed E-state index contributed by atoms with van der Waals surface area (Å²) < 4.78 is 48.9. The van der Waals surface area contributed by atoms with Gasteiger partial charge in [-0.15, -0.1) is 0 Å². The van der Waals surface area contributed by atoms with Gasteiger partial charge >= 0.3 is 6.18 Å². The van der Waals surface area contributed by atoms with Gasteiger partial charge in [0.15, 0.2) is 0 Å². The third kappa shape index (κ3) is 2.55. The predicted octanol–water partition coefficient (Wildman–Crippen LogP) is 3.86. The Labute approximate surface area is 86.1 Å². The third-order valence-electron chi connectivity index (χ3n) is 1.47. The highest BCUT2D eigenvalue weighted by molar-refractivity contribution is 14.1. The molecule has 0 saturated heterocycles. The van der Waals surface area contributed by atoms with E-state index in [0.29, 0.717) is 0 Å². The van der Waals surface area contributed by atoms with Crippen molar-refractivity contribution in [3.8, 4) is 0 Å². The maximum Gasteiger partial charge on any atom is 0.423 e. The average molecular weight is 304 g/mol. The first-order valence-corrected chi connectivity index (χ1v) is 4.46. The molecule has 0 saturated carbocycles. The molecule has 1 aromatic carbocycles. The molecule has 0 nitrogen and oxygen atoms in total. The Kier molecular flexibility index (Phi) is 3.15. The molecule has 0 fully saturated rings. The van der Waals surface area contributed by atoms with Crippen LogP contribution in [0.2, 0.25) is 0 Å². The van der Waals surface area contributed by atoms with Crippen LogP contribution in [0.3, 0.4) is 0 Å². The monoisotopic (exact) mass is 304 g/mol. The zero-order chi connectivity index (χ0) is 10.1. The van der Waals surface area contributed by atoms with E-state index in [2.05, 4.69) is 0 Å². The van der Waals surface area contributed by atoms with Gasteiger partial charge in [-0.05, 0) is 28.7 Å². The van der Waals surface area contributed by atoms with Crippen LogP contribution in [-0.2, 0) is 0 Å². The van der Waals surface area contributed by atoms with Gasteiger partial charge in [0.2, 0.25) is 6.17 Å². The molecule has 0 amide bonds. The molecule has 0 spiro atoms. The summed E-state index contributed by atoms with van der Waals surface area (Å²) in [5.74, 6) is 0. The second-order valence-electron chi connectivity index (χ2n) is 2.43. The highest BCUT2D eigenvalue weighted by atomic mass is 127. The standard InChI is InChI=1S/C8H5F4I/c9-7(8(10,11)12)5-3-1-2-4-6(5)13/h1-4,7H. The Balaban J connectivity index is 3.02. The Morgan fingerprint density at radius 3 is 2.15 bits per heavy atom. The highest BCUT2D eigenvalue weighted by Crippen LogP contribution is 2.37. The molecule has 1 atom stereocenters. The smallest absolute Gasteiger partial charge is 0.232 e. The first-order valence-electron chi connectivity index (χ1n) is 3.38. The van der Waals surface area contributed by atoms with Gasteiger partial charge in [0.05, 0.1) is 0 Å². The SMILES string of the molecule is FC(c1ccccc1I)C(F)(F)F. The zero-order valence-corrected chi connectivity index (χ0v) is 8.43. The van der Waals surface area contributed by atoms with Crippen LogP contribution in [0.25, 0.3) is 0 Å². The number of hydrogen-bond donors (Lipinski definition) is 0. The summed E-state index contributed by atoms with van der Waals surface area (Å²) in [5.41, 5.74) is -0.324. The Bertz CT molecular complexity index is 294. The van der Waals surface area contributed by atoms with E-state index in [1.54, 1.807) is 28.7 Å². The van der Waals surface area contributed by atoms with Crippen LogP contribution in [-0.4, -0.2) is 6.18 Å². The van der Waals surface area contributed by atoms with Gasteiger partial charge < -0.3 is 0 Å². The number of benzene rings is 1.